The van der Waals surface area contributed by atoms with Gasteiger partial charge in [-0.25, -0.2) is 9.78 Å². The van der Waals surface area contributed by atoms with E-state index in [4.69, 9.17) is 4.98 Å². The molecule has 0 aromatic carbocycles. The van der Waals surface area contributed by atoms with E-state index in [1.165, 1.54) is 4.57 Å². The molecule has 0 atom stereocenters. The molecule has 4 aliphatic rings. The number of piperidine rings is 1. The second-order valence-corrected chi connectivity index (χ2v) is 11.1. The van der Waals surface area contributed by atoms with Crippen LogP contribution in [0.4, 0.5) is 0 Å². The first-order valence-electron chi connectivity index (χ1n) is 13.5. The number of aryl methyl sites for hydroxylation is 1. The molecule has 10 heteroatoms. The molecule has 6 rings (SSSR count). The highest BCUT2D eigenvalue weighted by Gasteiger charge is 2.55. The van der Waals surface area contributed by atoms with Crippen LogP contribution in [-0.4, -0.2) is 54.1 Å². The number of fused-ring (bicyclic) bond motifs is 4. The molecule has 2 aromatic heterocycles. The molecular formula is C26H37N5O5. The predicted molar refractivity (Wildman–Crippen MR) is 134 cm³/mol. The molecule has 1 saturated heterocycles. The van der Waals surface area contributed by atoms with Crippen LogP contribution in [-0.2, 0) is 28.1 Å². The molecular weight excluding hydrogens is 462 g/mol. The number of carbonyl (C=O) groups is 2. The highest BCUT2D eigenvalue weighted by Crippen LogP contribution is 2.58. The zero-order chi connectivity index (χ0) is 25.7. The Balaban J connectivity index is 1.40. The van der Waals surface area contributed by atoms with Crippen molar-refractivity contribution >= 4 is 23.0 Å². The summed E-state index contributed by atoms with van der Waals surface area (Å²) in [7, 11) is 0. The van der Waals surface area contributed by atoms with E-state index in [-0.39, 0.29) is 33.9 Å². The molecule has 4 fully saturated rings. The van der Waals surface area contributed by atoms with Crippen LogP contribution < -0.4 is 11.2 Å². The van der Waals surface area contributed by atoms with E-state index in [0.29, 0.717) is 56.6 Å². The first-order chi connectivity index (χ1) is 17.2. The van der Waals surface area contributed by atoms with E-state index >= 15 is 0 Å². The molecule has 196 valence electrons. The Morgan fingerprint density at radius 3 is 2.11 bits per heavy atom. The lowest BCUT2D eigenvalue weighted by Crippen LogP contribution is -2.54. The van der Waals surface area contributed by atoms with Gasteiger partial charge in [0.2, 0.25) is 5.91 Å². The summed E-state index contributed by atoms with van der Waals surface area (Å²) in [5.74, 6) is -0.159. The zero-order valence-electron chi connectivity index (χ0n) is 21.3. The average Bonchev–Trinajstić information content (AvgIpc) is 3.36. The molecule has 1 amide bonds. The molecule has 3 aliphatic carbocycles. The van der Waals surface area contributed by atoms with Gasteiger partial charge >= 0.3 is 11.7 Å². The van der Waals surface area contributed by atoms with Crippen LogP contribution in [0, 0.1) is 11.3 Å². The number of aromatic amines is 1. The van der Waals surface area contributed by atoms with Gasteiger partial charge in [0.1, 0.15) is 11.3 Å². The van der Waals surface area contributed by atoms with Crippen molar-refractivity contribution in [1.82, 2.24) is 24.0 Å². The maximum absolute atomic E-state index is 13.6. The van der Waals surface area contributed by atoms with Crippen LogP contribution in [0.25, 0.3) is 11.2 Å². The predicted octanol–water partition coefficient (Wildman–Crippen LogP) is 2.62. The Hall–Kier alpha value is -2.91. The Labute approximate surface area is 209 Å². The van der Waals surface area contributed by atoms with Crippen molar-refractivity contribution in [2.45, 2.75) is 96.6 Å². The van der Waals surface area contributed by atoms with Crippen LogP contribution in [0.1, 0.15) is 83.9 Å². The number of aliphatic carboxylic acids is 1. The Morgan fingerprint density at radius 2 is 1.56 bits per heavy atom. The number of nitrogens with one attached hydrogen (secondary N) is 1. The number of carboxylic acid groups (broad SMARTS) is 1. The van der Waals surface area contributed by atoms with E-state index < -0.39 is 5.97 Å². The van der Waals surface area contributed by atoms with Gasteiger partial charge in [-0.05, 0) is 64.2 Å². The van der Waals surface area contributed by atoms with E-state index in [0.717, 1.165) is 50.8 Å². The lowest BCUT2D eigenvalue weighted by Gasteiger charge is -2.53. The molecule has 2 bridgehead atoms. The van der Waals surface area contributed by atoms with Crippen molar-refractivity contribution in [1.29, 1.82) is 0 Å². The SMILES string of the molecule is CCCn1c(=O)c2[nH]c(C34CCC(C(=O)N5CCC(C(=O)O)CC5)(CC3)CC4)nc2n(CCC)c1=O. The second kappa shape index (κ2) is 9.19. The molecule has 0 spiro atoms. The number of aromatic nitrogens is 4. The van der Waals surface area contributed by atoms with Gasteiger partial charge < -0.3 is 15.0 Å². The fourth-order valence-corrected chi connectivity index (χ4v) is 6.79. The van der Waals surface area contributed by atoms with Crippen LogP contribution >= 0.6 is 0 Å². The van der Waals surface area contributed by atoms with Gasteiger partial charge in [0.25, 0.3) is 5.56 Å². The number of likely N-dealkylation sites (tertiary alicyclic amines) is 1. The smallest absolute Gasteiger partial charge is 0.332 e. The standard InChI is InChI=1S/C26H37N5O5/c1-3-13-30-19-18(20(32)31(14-4-2)24(30)36)27-22(28-19)25-7-10-26(11-8-25,12-9-25)23(35)29-15-5-17(6-16-29)21(33)34/h17H,3-16H2,1-2H3,(H,27,28)(H,33,34). The quantitative estimate of drug-likeness (QED) is 0.602. The largest absolute Gasteiger partial charge is 0.481 e. The topological polar surface area (TPSA) is 130 Å². The van der Waals surface area contributed by atoms with Crippen LogP contribution in [0.15, 0.2) is 9.59 Å². The Kier molecular flexibility index (Phi) is 6.32. The summed E-state index contributed by atoms with van der Waals surface area (Å²) >= 11 is 0. The molecule has 1 aliphatic heterocycles. The molecule has 2 N–H and O–H groups in total. The fourth-order valence-electron chi connectivity index (χ4n) is 6.79. The number of carbonyl (C=O) groups excluding carboxylic acids is 1. The number of imidazole rings is 1. The molecule has 3 saturated carbocycles. The number of hydrogen-bond donors (Lipinski definition) is 2. The molecule has 3 heterocycles. The van der Waals surface area contributed by atoms with E-state index in [2.05, 4.69) is 4.98 Å². The number of amides is 1. The monoisotopic (exact) mass is 499 g/mol. The van der Waals surface area contributed by atoms with Crippen molar-refractivity contribution < 1.29 is 14.7 Å². The number of nitrogens with zero attached hydrogens (tertiary/aromatic N) is 4. The van der Waals surface area contributed by atoms with E-state index in [1.54, 1.807) is 4.57 Å². The van der Waals surface area contributed by atoms with E-state index in [9.17, 15) is 24.3 Å². The highest BCUT2D eigenvalue weighted by molar-refractivity contribution is 5.84. The molecule has 36 heavy (non-hydrogen) atoms. The molecule has 0 radical (unpaired) electrons. The van der Waals surface area contributed by atoms with Crippen LogP contribution in [0.5, 0.6) is 0 Å². The summed E-state index contributed by atoms with van der Waals surface area (Å²) < 4.78 is 2.94. The van der Waals surface area contributed by atoms with Crippen molar-refractivity contribution in [3.05, 3.63) is 26.7 Å². The maximum Gasteiger partial charge on any atom is 0.332 e. The highest BCUT2D eigenvalue weighted by atomic mass is 16.4. The van der Waals surface area contributed by atoms with E-state index in [1.807, 2.05) is 18.7 Å². The van der Waals surface area contributed by atoms with Crippen LogP contribution in [0.3, 0.4) is 0 Å². The fraction of sp³-hybridized carbons (Fsp3) is 0.731. The van der Waals surface area contributed by atoms with Crippen molar-refractivity contribution in [2.75, 3.05) is 13.1 Å². The lowest BCUT2D eigenvalue weighted by molar-refractivity contribution is -0.154. The third kappa shape index (κ3) is 3.80. The summed E-state index contributed by atoms with van der Waals surface area (Å²) in [6.45, 7) is 5.88. The average molecular weight is 500 g/mol. The first-order valence-corrected chi connectivity index (χ1v) is 13.5. The lowest BCUT2D eigenvalue weighted by atomic mass is 9.53. The summed E-state index contributed by atoms with van der Waals surface area (Å²) in [6, 6.07) is 0. The second-order valence-electron chi connectivity index (χ2n) is 11.1. The van der Waals surface area contributed by atoms with Gasteiger partial charge in [0.15, 0.2) is 5.65 Å². The van der Waals surface area contributed by atoms with Gasteiger partial charge in [-0.2, -0.15) is 0 Å². The zero-order valence-corrected chi connectivity index (χ0v) is 21.3. The summed E-state index contributed by atoms with van der Waals surface area (Å²) in [5, 5.41) is 9.27. The number of rotatable bonds is 7. The van der Waals surface area contributed by atoms with Crippen molar-refractivity contribution in [3.63, 3.8) is 0 Å². The molecule has 10 nitrogen and oxygen atoms in total. The number of carboxylic acids is 1. The molecule has 0 unspecified atom stereocenters. The van der Waals surface area contributed by atoms with Gasteiger partial charge in [-0.15, -0.1) is 0 Å². The van der Waals surface area contributed by atoms with Crippen LogP contribution in [0.2, 0.25) is 0 Å². The van der Waals surface area contributed by atoms with Gasteiger partial charge in [-0.3, -0.25) is 23.5 Å². The summed E-state index contributed by atoms with van der Waals surface area (Å²) in [6.07, 6.45) is 7.24. The van der Waals surface area contributed by atoms with Gasteiger partial charge in [0.05, 0.1) is 5.92 Å². The van der Waals surface area contributed by atoms with Gasteiger partial charge in [-0.1, -0.05) is 13.8 Å². The summed E-state index contributed by atoms with van der Waals surface area (Å²) in [4.78, 5) is 61.2. The third-order valence-electron chi connectivity index (χ3n) is 9.09. The number of H-pyrrole nitrogens is 1. The van der Waals surface area contributed by atoms with Crippen molar-refractivity contribution in [3.8, 4) is 0 Å². The molecule has 2 aromatic rings. The Bertz CT molecular complexity index is 1270. The van der Waals surface area contributed by atoms with Gasteiger partial charge in [0, 0.05) is 37.0 Å². The number of hydrogen-bond acceptors (Lipinski definition) is 5. The third-order valence-corrected chi connectivity index (χ3v) is 9.09. The maximum atomic E-state index is 13.6. The Morgan fingerprint density at radius 1 is 0.972 bits per heavy atom. The summed E-state index contributed by atoms with van der Waals surface area (Å²) in [5.41, 5.74) is -0.339. The first kappa shape index (κ1) is 24.8. The minimum atomic E-state index is -0.767. The minimum absolute atomic E-state index is 0.184. The minimum Gasteiger partial charge on any atom is -0.481 e. The van der Waals surface area contributed by atoms with Crippen molar-refractivity contribution in [2.24, 2.45) is 11.3 Å². The normalized spacial score (nSPS) is 26.6.